The zero-order valence-electron chi connectivity index (χ0n) is 15.6. The summed E-state index contributed by atoms with van der Waals surface area (Å²) in [5, 5.41) is 1.87. The molecule has 4 rings (SSSR count). The molecular weight excluding hydrogens is 366 g/mol. The summed E-state index contributed by atoms with van der Waals surface area (Å²) in [4.78, 5) is 12.5. The van der Waals surface area contributed by atoms with E-state index in [1.807, 2.05) is 73.7 Å². The predicted octanol–water partition coefficient (Wildman–Crippen LogP) is 6.55. The van der Waals surface area contributed by atoms with Gasteiger partial charge in [-0.05, 0) is 36.8 Å². The standard InChI is InChI=1S/C25H20ClNO/c1-18-10-12-19(13-11-18)25(28)15-14-20-16-27(24-9-5-3-7-22(20)24)17-21-6-2-4-8-23(21)26/h2-16H,17H2,1H3/b15-14+. The number of rotatable bonds is 5. The van der Waals surface area contributed by atoms with Crippen LogP contribution in [-0.2, 0) is 6.54 Å². The Morgan fingerprint density at radius 1 is 0.964 bits per heavy atom. The SMILES string of the molecule is Cc1ccc(C(=O)/C=C/c2cn(Cc3ccccc3Cl)c3ccccc23)cc1. The molecule has 138 valence electrons. The van der Waals surface area contributed by atoms with E-state index in [-0.39, 0.29) is 5.78 Å². The number of nitrogens with zero attached hydrogens (tertiary/aromatic N) is 1. The molecule has 28 heavy (non-hydrogen) atoms. The highest BCUT2D eigenvalue weighted by Crippen LogP contribution is 2.25. The van der Waals surface area contributed by atoms with E-state index < -0.39 is 0 Å². The van der Waals surface area contributed by atoms with Crippen molar-refractivity contribution < 1.29 is 4.79 Å². The van der Waals surface area contributed by atoms with Crippen molar-refractivity contribution in [3.05, 3.63) is 112 Å². The maximum absolute atomic E-state index is 12.5. The monoisotopic (exact) mass is 385 g/mol. The minimum absolute atomic E-state index is 0.00272. The number of carbonyl (C=O) groups excluding carboxylic acids is 1. The molecule has 4 aromatic rings. The topological polar surface area (TPSA) is 22.0 Å². The van der Waals surface area contributed by atoms with E-state index in [1.165, 1.54) is 0 Å². The lowest BCUT2D eigenvalue weighted by Gasteiger charge is -2.07. The van der Waals surface area contributed by atoms with Gasteiger partial charge < -0.3 is 4.57 Å². The lowest BCUT2D eigenvalue weighted by molar-refractivity contribution is 0.104. The van der Waals surface area contributed by atoms with Crippen LogP contribution < -0.4 is 0 Å². The Bertz CT molecular complexity index is 1170. The molecule has 1 heterocycles. The Balaban J connectivity index is 1.67. The van der Waals surface area contributed by atoms with Gasteiger partial charge in [0.25, 0.3) is 0 Å². The Morgan fingerprint density at radius 2 is 1.68 bits per heavy atom. The molecule has 2 nitrogen and oxygen atoms in total. The molecule has 0 aliphatic carbocycles. The molecule has 0 unspecified atom stereocenters. The summed E-state index contributed by atoms with van der Waals surface area (Å²) in [5.74, 6) is 0.00272. The van der Waals surface area contributed by atoms with Gasteiger partial charge >= 0.3 is 0 Å². The van der Waals surface area contributed by atoms with Gasteiger partial charge in [-0.15, -0.1) is 0 Å². The number of hydrogen-bond donors (Lipinski definition) is 0. The van der Waals surface area contributed by atoms with Crippen LogP contribution in [0.2, 0.25) is 5.02 Å². The van der Waals surface area contributed by atoms with E-state index in [2.05, 4.69) is 22.9 Å². The highest BCUT2D eigenvalue weighted by Gasteiger charge is 2.09. The summed E-state index contributed by atoms with van der Waals surface area (Å²) in [6, 6.07) is 23.7. The van der Waals surface area contributed by atoms with Crippen LogP contribution in [0.25, 0.3) is 17.0 Å². The quantitative estimate of drug-likeness (QED) is 0.282. The second-order valence-electron chi connectivity index (χ2n) is 6.88. The molecule has 0 aliphatic rings. The fourth-order valence-electron chi connectivity index (χ4n) is 3.33. The number of fused-ring (bicyclic) bond motifs is 1. The van der Waals surface area contributed by atoms with E-state index in [1.54, 1.807) is 6.08 Å². The maximum Gasteiger partial charge on any atom is 0.185 e. The van der Waals surface area contributed by atoms with Crippen LogP contribution in [0.15, 0.2) is 85.1 Å². The van der Waals surface area contributed by atoms with Crippen molar-refractivity contribution in [2.45, 2.75) is 13.5 Å². The van der Waals surface area contributed by atoms with Crippen LogP contribution in [0.3, 0.4) is 0 Å². The fraction of sp³-hybridized carbons (Fsp3) is 0.0800. The molecule has 0 saturated heterocycles. The van der Waals surface area contributed by atoms with Crippen molar-refractivity contribution >= 4 is 34.4 Å². The lowest BCUT2D eigenvalue weighted by atomic mass is 10.1. The second-order valence-corrected chi connectivity index (χ2v) is 7.29. The number of allylic oxidation sites excluding steroid dienone is 1. The van der Waals surface area contributed by atoms with Gasteiger partial charge in [-0.2, -0.15) is 0 Å². The van der Waals surface area contributed by atoms with Gasteiger partial charge in [-0.3, -0.25) is 4.79 Å². The fourth-order valence-corrected chi connectivity index (χ4v) is 3.52. The minimum Gasteiger partial charge on any atom is -0.342 e. The summed E-state index contributed by atoms with van der Waals surface area (Å²) >= 11 is 6.34. The molecule has 0 fully saturated rings. The zero-order valence-corrected chi connectivity index (χ0v) is 16.4. The van der Waals surface area contributed by atoms with Gasteiger partial charge in [0.1, 0.15) is 0 Å². The van der Waals surface area contributed by atoms with Crippen LogP contribution in [-0.4, -0.2) is 10.4 Å². The summed E-state index contributed by atoms with van der Waals surface area (Å²) in [5.41, 5.74) is 5.04. The average molecular weight is 386 g/mol. The predicted molar refractivity (Wildman–Crippen MR) is 117 cm³/mol. The van der Waals surface area contributed by atoms with Gasteiger partial charge in [-0.25, -0.2) is 0 Å². The average Bonchev–Trinajstić information content (AvgIpc) is 3.06. The number of benzene rings is 3. The van der Waals surface area contributed by atoms with Crippen LogP contribution in [0.5, 0.6) is 0 Å². The molecule has 0 saturated carbocycles. The number of halogens is 1. The summed E-state index contributed by atoms with van der Waals surface area (Å²) < 4.78 is 2.17. The maximum atomic E-state index is 12.5. The molecule has 0 aliphatic heterocycles. The van der Waals surface area contributed by atoms with Crippen molar-refractivity contribution in [3.8, 4) is 0 Å². The van der Waals surface area contributed by atoms with E-state index in [0.717, 1.165) is 32.6 Å². The third-order valence-electron chi connectivity index (χ3n) is 4.87. The van der Waals surface area contributed by atoms with Gasteiger partial charge in [0.2, 0.25) is 0 Å². The molecule has 0 atom stereocenters. The summed E-state index contributed by atoms with van der Waals surface area (Å²) in [7, 11) is 0. The first kappa shape index (κ1) is 18.3. The van der Waals surface area contributed by atoms with Gasteiger partial charge in [0.05, 0.1) is 0 Å². The number of carbonyl (C=O) groups is 1. The molecule has 0 amide bonds. The van der Waals surface area contributed by atoms with E-state index in [0.29, 0.717) is 12.1 Å². The van der Waals surface area contributed by atoms with Crippen molar-refractivity contribution in [1.29, 1.82) is 0 Å². The first-order chi connectivity index (χ1) is 13.6. The van der Waals surface area contributed by atoms with Crippen LogP contribution in [0, 0.1) is 6.92 Å². The van der Waals surface area contributed by atoms with E-state index in [4.69, 9.17) is 11.6 Å². The minimum atomic E-state index is 0.00272. The third kappa shape index (κ3) is 3.78. The van der Waals surface area contributed by atoms with Crippen LogP contribution in [0.1, 0.15) is 27.0 Å². The lowest BCUT2D eigenvalue weighted by Crippen LogP contribution is -1.98. The molecule has 0 spiro atoms. The van der Waals surface area contributed by atoms with E-state index >= 15 is 0 Å². The Morgan fingerprint density at radius 3 is 2.46 bits per heavy atom. The number of aromatic nitrogens is 1. The van der Waals surface area contributed by atoms with Gasteiger partial charge in [-0.1, -0.05) is 77.8 Å². The number of para-hydroxylation sites is 1. The third-order valence-corrected chi connectivity index (χ3v) is 5.24. The molecule has 0 bridgehead atoms. The highest BCUT2D eigenvalue weighted by atomic mass is 35.5. The molecule has 3 aromatic carbocycles. The first-order valence-electron chi connectivity index (χ1n) is 9.22. The molecule has 1 aromatic heterocycles. The Labute approximate surface area is 169 Å². The normalized spacial score (nSPS) is 11.4. The first-order valence-corrected chi connectivity index (χ1v) is 9.60. The van der Waals surface area contributed by atoms with E-state index in [9.17, 15) is 4.79 Å². The second kappa shape index (κ2) is 7.87. The molecule has 0 radical (unpaired) electrons. The molecule has 3 heteroatoms. The smallest absolute Gasteiger partial charge is 0.185 e. The summed E-state index contributed by atoms with van der Waals surface area (Å²) in [6.45, 7) is 2.69. The van der Waals surface area contributed by atoms with Gasteiger partial charge in [0, 0.05) is 39.8 Å². The number of hydrogen-bond acceptors (Lipinski definition) is 1. The van der Waals surface area contributed by atoms with Gasteiger partial charge in [0.15, 0.2) is 5.78 Å². The Hall–Kier alpha value is -3.10. The highest BCUT2D eigenvalue weighted by molar-refractivity contribution is 6.31. The largest absolute Gasteiger partial charge is 0.342 e. The number of aryl methyl sites for hydroxylation is 1. The summed E-state index contributed by atoms with van der Waals surface area (Å²) in [6.07, 6.45) is 5.62. The van der Waals surface area contributed by atoms with Crippen LogP contribution >= 0.6 is 11.6 Å². The van der Waals surface area contributed by atoms with Crippen molar-refractivity contribution in [2.24, 2.45) is 0 Å². The van der Waals surface area contributed by atoms with Crippen molar-refractivity contribution in [1.82, 2.24) is 4.57 Å². The van der Waals surface area contributed by atoms with Crippen molar-refractivity contribution in [2.75, 3.05) is 0 Å². The van der Waals surface area contributed by atoms with Crippen molar-refractivity contribution in [3.63, 3.8) is 0 Å². The molecular formula is C25H20ClNO. The zero-order chi connectivity index (χ0) is 19.5. The van der Waals surface area contributed by atoms with Crippen LogP contribution in [0.4, 0.5) is 0 Å². The Kier molecular flexibility index (Phi) is 5.14. The number of ketones is 1. The molecule has 0 N–H and O–H groups in total.